The van der Waals surface area contributed by atoms with E-state index in [1.54, 1.807) is 0 Å². The van der Waals surface area contributed by atoms with Crippen LogP contribution >= 0.6 is 11.3 Å². The fraction of sp³-hybridized carbons (Fsp3) is 0.375. The zero-order valence-electron chi connectivity index (χ0n) is 11.6. The number of aryl methyl sites for hydroxylation is 1. The van der Waals surface area contributed by atoms with Gasteiger partial charge in [-0.25, -0.2) is 0 Å². The molecule has 1 aromatic heterocycles. The molecule has 0 saturated carbocycles. The Morgan fingerprint density at radius 1 is 1.05 bits per heavy atom. The van der Waals surface area contributed by atoms with Crippen LogP contribution in [0.5, 0.6) is 5.75 Å². The first-order valence-electron chi connectivity index (χ1n) is 6.82. The van der Waals surface area contributed by atoms with E-state index in [1.807, 2.05) is 30.4 Å². The number of rotatable bonds is 7. The Kier molecular flexibility index (Phi) is 5.43. The van der Waals surface area contributed by atoms with E-state index < -0.39 is 0 Å². The monoisotopic (exact) mass is 275 g/mol. The Labute approximate surface area is 119 Å². The molecule has 0 aliphatic carbocycles. The lowest BCUT2D eigenvalue weighted by atomic mass is 10.2. The fourth-order valence-electron chi connectivity index (χ4n) is 1.95. The minimum Gasteiger partial charge on any atom is -0.494 e. The van der Waals surface area contributed by atoms with Gasteiger partial charge >= 0.3 is 0 Å². The standard InChI is InChI=1S/C16H21NOS/c1-3-15-8-9-16(19-15)12-17-11-13-6-5-7-14(10-13)18-4-2/h5-10,17H,3-4,11-12H2,1-2H3. The van der Waals surface area contributed by atoms with Gasteiger partial charge < -0.3 is 10.1 Å². The summed E-state index contributed by atoms with van der Waals surface area (Å²) < 4.78 is 5.50. The van der Waals surface area contributed by atoms with E-state index in [-0.39, 0.29) is 0 Å². The summed E-state index contributed by atoms with van der Waals surface area (Å²) in [6.07, 6.45) is 1.13. The van der Waals surface area contributed by atoms with E-state index in [9.17, 15) is 0 Å². The third-order valence-corrected chi connectivity index (χ3v) is 4.13. The predicted octanol–water partition coefficient (Wildman–Crippen LogP) is 4.00. The van der Waals surface area contributed by atoms with Crippen molar-refractivity contribution in [1.29, 1.82) is 0 Å². The topological polar surface area (TPSA) is 21.3 Å². The van der Waals surface area contributed by atoms with Crippen LogP contribution in [0.15, 0.2) is 36.4 Å². The predicted molar refractivity (Wildman–Crippen MR) is 81.9 cm³/mol. The maximum absolute atomic E-state index is 5.50. The molecule has 1 N–H and O–H groups in total. The molecular formula is C16H21NOS. The number of hydrogen-bond donors (Lipinski definition) is 1. The van der Waals surface area contributed by atoms with Crippen molar-refractivity contribution in [2.45, 2.75) is 33.4 Å². The largest absolute Gasteiger partial charge is 0.494 e. The van der Waals surface area contributed by atoms with Gasteiger partial charge in [-0.15, -0.1) is 11.3 Å². The Bertz CT molecular complexity index is 507. The van der Waals surface area contributed by atoms with E-state index in [2.05, 4.69) is 36.5 Å². The average molecular weight is 275 g/mol. The highest BCUT2D eigenvalue weighted by Gasteiger charge is 1.99. The van der Waals surface area contributed by atoms with Crippen molar-refractivity contribution in [2.24, 2.45) is 0 Å². The van der Waals surface area contributed by atoms with Crippen molar-refractivity contribution in [3.05, 3.63) is 51.7 Å². The van der Waals surface area contributed by atoms with Crippen molar-refractivity contribution in [3.63, 3.8) is 0 Å². The van der Waals surface area contributed by atoms with Gasteiger partial charge in [-0.2, -0.15) is 0 Å². The first-order chi connectivity index (χ1) is 9.31. The van der Waals surface area contributed by atoms with Crippen LogP contribution in [-0.2, 0) is 19.5 Å². The van der Waals surface area contributed by atoms with E-state index in [1.165, 1.54) is 15.3 Å². The maximum Gasteiger partial charge on any atom is 0.119 e. The van der Waals surface area contributed by atoms with Crippen LogP contribution in [0.2, 0.25) is 0 Å². The molecule has 0 bridgehead atoms. The van der Waals surface area contributed by atoms with Crippen molar-refractivity contribution < 1.29 is 4.74 Å². The number of hydrogen-bond acceptors (Lipinski definition) is 3. The molecule has 1 heterocycles. The molecule has 0 unspecified atom stereocenters. The molecule has 102 valence electrons. The van der Waals surface area contributed by atoms with Gasteiger partial charge in [-0.05, 0) is 43.2 Å². The highest BCUT2D eigenvalue weighted by Crippen LogP contribution is 2.17. The Morgan fingerprint density at radius 2 is 1.89 bits per heavy atom. The van der Waals surface area contributed by atoms with E-state index >= 15 is 0 Å². The van der Waals surface area contributed by atoms with Crippen LogP contribution in [0.1, 0.15) is 29.2 Å². The first-order valence-corrected chi connectivity index (χ1v) is 7.63. The summed E-state index contributed by atoms with van der Waals surface area (Å²) in [7, 11) is 0. The lowest BCUT2D eigenvalue weighted by Crippen LogP contribution is -2.11. The van der Waals surface area contributed by atoms with Gasteiger partial charge in [0.25, 0.3) is 0 Å². The lowest BCUT2D eigenvalue weighted by Gasteiger charge is -2.07. The van der Waals surface area contributed by atoms with Crippen molar-refractivity contribution in [2.75, 3.05) is 6.61 Å². The van der Waals surface area contributed by atoms with Crippen LogP contribution in [0.25, 0.3) is 0 Å². The molecule has 0 saturated heterocycles. The molecule has 19 heavy (non-hydrogen) atoms. The number of nitrogens with one attached hydrogen (secondary N) is 1. The highest BCUT2D eigenvalue weighted by molar-refractivity contribution is 7.11. The van der Waals surface area contributed by atoms with Gasteiger partial charge in [0.1, 0.15) is 5.75 Å². The molecule has 0 radical (unpaired) electrons. The third kappa shape index (κ3) is 4.37. The minimum absolute atomic E-state index is 0.714. The lowest BCUT2D eigenvalue weighted by molar-refractivity contribution is 0.340. The zero-order chi connectivity index (χ0) is 13.5. The summed E-state index contributed by atoms with van der Waals surface area (Å²) in [6.45, 7) is 6.73. The van der Waals surface area contributed by atoms with Crippen LogP contribution < -0.4 is 10.1 Å². The molecule has 2 nitrogen and oxygen atoms in total. The van der Waals surface area contributed by atoms with Gasteiger partial charge in [0.05, 0.1) is 6.61 Å². The highest BCUT2D eigenvalue weighted by atomic mass is 32.1. The second-order valence-corrected chi connectivity index (χ2v) is 5.66. The zero-order valence-corrected chi connectivity index (χ0v) is 12.4. The van der Waals surface area contributed by atoms with Crippen LogP contribution in [-0.4, -0.2) is 6.61 Å². The molecule has 0 atom stereocenters. The average Bonchev–Trinajstić information content (AvgIpc) is 2.88. The Hall–Kier alpha value is -1.32. The summed E-state index contributed by atoms with van der Waals surface area (Å²) in [5.74, 6) is 0.950. The van der Waals surface area contributed by atoms with Crippen LogP contribution in [0, 0.1) is 0 Å². The molecule has 2 aromatic rings. The molecule has 0 fully saturated rings. The van der Waals surface area contributed by atoms with Gasteiger partial charge in [0, 0.05) is 22.8 Å². The molecule has 2 rings (SSSR count). The van der Waals surface area contributed by atoms with E-state index in [0.717, 1.165) is 25.3 Å². The number of ether oxygens (including phenoxy) is 1. The second-order valence-electron chi connectivity index (χ2n) is 4.41. The maximum atomic E-state index is 5.50. The molecule has 0 amide bonds. The molecule has 3 heteroatoms. The van der Waals surface area contributed by atoms with Gasteiger partial charge in [-0.1, -0.05) is 19.1 Å². The van der Waals surface area contributed by atoms with Gasteiger partial charge in [0.15, 0.2) is 0 Å². The quantitative estimate of drug-likeness (QED) is 0.824. The number of benzene rings is 1. The summed E-state index contributed by atoms with van der Waals surface area (Å²) >= 11 is 1.89. The third-order valence-electron chi connectivity index (χ3n) is 2.90. The molecule has 0 spiro atoms. The summed E-state index contributed by atoms with van der Waals surface area (Å²) in [5, 5.41) is 3.48. The Balaban J connectivity index is 1.83. The summed E-state index contributed by atoms with van der Waals surface area (Å²) in [4.78, 5) is 2.85. The van der Waals surface area contributed by atoms with Crippen LogP contribution in [0.4, 0.5) is 0 Å². The Morgan fingerprint density at radius 3 is 2.63 bits per heavy atom. The molecule has 0 aliphatic heterocycles. The van der Waals surface area contributed by atoms with Gasteiger partial charge in [0.2, 0.25) is 0 Å². The smallest absolute Gasteiger partial charge is 0.119 e. The van der Waals surface area contributed by atoms with Crippen molar-refractivity contribution >= 4 is 11.3 Å². The van der Waals surface area contributed by atoms with E-state index in [0.29, 0.717) is 6.61 Å². The van der Waals surface area contributed by atoms with Crippen molar-refractivity contribution in [1.82, 2.24) is 5.32 Å². The summed E-state index contributed by atoms with van der Waals surface area (Å²) in [6, 6.07) is 12.7. The van der Waals surface area contributed by atoms with E-state index in [4.69, 9.17) is 4.74 Å². The summed E-state index contributed by atoms with van der Waals surface area (Å²) in [5.41, 5.74) is 1.26. The number of thiophene rings is 1. The van der Waals surface area contributed by atoms with Gasteiger partial charge in [-0.3, -0.25) is 0 Å². The van der Waals surface area contributed by atoms with Crippen molar-refractivity contribution in [3.8, 4) is 5.75 Å². The SMILES string of the molecule is CCOc1cccc(CNCc2ccc(CC)s2)c1. The normalized spacial score (nSPS) is 10.6. The fourth-order valence-corrected chi connectivity index (χ4v) is 2.88. The van der Waals surface area contributed by atoms with Crippen LogP contribution in [0.3, 0.4) is 0 Å². The first kappa shape index (κ1) is 14.1. The molecule has 1 aromatic carbocycles. The molecule has 0 aliphatic rings. The molecular weight excluding hydrogens is 254 g/mol. The second kappa shape index (κ2) is 7.31. The minimum atomic E-state index is 0.714.